The van der Waals surface area contributed by atoms with Gasteiger partial charge in [-0.1, -0.05) is 19.1 Å². The molecule has 7 heteroatoms. The minimum absolute atomic E-state index is 0.104. The molecule has 0 aliphatic carbocycles. The molecule has 0 radical (unpaired) electrons. The second kappa shape index (κ2) is 10.1. The highest BCUT2D eigenvalue weighted by atomic mass is 19.1. The average molecular weight is 427 g/mol. The van der Waals surface area contributed by atoms with Crippen molar-refractivity contribution in [2.45, 2.75) is 39.3 Å². The van der Waals surface area contributed by atoms with Crippen molar-refractivity contribution in [3.8, 4) is 5.75 Å². The third kappa shape index (κ3) is 5.63. The Kier molecular flexibility index (Phi) is 7.28. The summed E-state index contributed by atoms with van der Waals surface area (Å²) in [5, 5.41) is 0. The molecule has 1 heterocycles. The molecule has 1 atom stereocenters. The van der Waals surface area contributed by atoms with E-state index >= 15 is 0 Å². The number of benzene rings is 2. The maximum absolute atomic E-state index is 13.0. The third-order valence-electron chi connectivity index (χ3n) is 5.07. The zero-order valence-electron chi connectivity index (χ0n) is 17.9. The van der Waals surface area contributed by atoms with E-state index in [2.05, 4.69) is 4.74 Å². The summed E-state index contributed by atoms with van der Waals surface area (Å²) in [7, 11) is 1.31. The Labute approximate surface area is 181 Å². The summed E-state index contributed by atoms with van der Waals surface area (Å²) >= 11 is 0. The predicted molar refractivity (Wildman–Crippen MR) is 114 cm³/mol. The van der Waals surface area contributed by atoms with Gasteiger partial charge in [0, 0.05) is 24.2 Å². The Balaban J connectivity index is 1.70. The zero-order chi connectivity index (χ0) is 22.4. The quantitative estimate of drug-likeness (QED) is 0.592. The first-order chi connectivity index (χ1) is 14.9. The van der Waals surface area contributed by atoms with Gasteiger partial charge in [0.05, 0.1) is 7.11 Å². The summed E-state index contributed by atoms with van der Waals surface area (Å²) in [5.41, 5.74) is 2.48. The van der Waals surface area contributed by atoms with Gasteiger partial charge in [0.25, 0.3) is 5.91 Å². The molecule has 31 heavy (non-hydrogen) atoms. The lowest BCUT2D eigenvalue weighted by Crippen LogP contribution is -2.41. The number of carbonyl (C=O) groups is 2. The molecular formula is C24H26FNO5. The normalized spacial score (nSPS) is 16.0. The largest absolute Gasteiger partial charge is 0.493 e. The Morgan fingerprint density at radius 1 is 1.16 bits per heavy atom. The number of hydrogen-bond donors (Lipinski definition) is 0. The minimum atomic E-state index is -0.454. The van der Waals surface area contributed by atoms with E-state index in [1.54, 1.807) is 29.2 Å². The van der Waals surface area contributed by atoms with Crippen LogP contribution < -0.4 is 9.64 Å². The fraction of sp³-hybridized carbons (Fsp3) is 0.333. The van der Waals surface area contributed by atoms with E-state index in [1.165, 1.54) is 25.3 Å². The van der Waals surface area contributed by atoms with E-state index in [0.717, 1.165) is 16.8 Å². The molecule has 0 saturated heterocycles. The Morgan fingerprint density at radius 2 is 1.90 bits per heavy atom. The maximum atomic E-state index is 13.0. The van der Waals surface area contributed by atoms with Crippen LogP contribution in [0.5, 0.6) is 5.75 Å². The molecule has 0 N–H and O–H groups in total. The third-order valence-corrected chi connectivity index (χ3v) is 5.07. The van der Waals surface area contributed by atoms with Crippen LogP contribution in [0.1, 0.15) is 31.4 Å². The van der Waals surface area contributed by atoms with E-state index in [-0.39, 0.29) is 31.0 Å². The monoisotopic (exact) mass is 427 g/mol. The molecule has 0 saturated carbocycles. The summed E-state index contributed by atoms with van der Waals surface area (Å²) in [6, 6.07) is 11.4. The molecule has 1 amide bonds. The molecule has 2 aromatic carbocycles. The Morgan fingerprint density at radius 3 is 2.55 bits per heavy atom. The van der Waals surface area contributed by atoms with Crippen molar-refractivity contribution >= 4 is 17.6 Å². The van der Waals surface area contributed by atoms with E-state index in [9.17, 15) is 14.0 Å². The molecule has 2 aromatic rings. The molecule has 0 spiro atoms. The van der Waals surface area contributed by atoms with Crippen LogP contribution in [-0.4, -0.2) is 31.6 Å². The number of rotatable bonds is 8. The fourth-order valence-corrected chi connectivity index (χ4v) is 3.43. The molecule has 6 nitrogen and oxygen atoms in total. The number of halogens is 1. The predicted octanol–water partition coefficient (Wildman–Crippen LogP) is 4.17. The number of esters is 1. The topological polar surface area (TPSA) is 65.1 Å². The van der Waals surface area contributed by atoms with Crippen LogP contribution in [0.25, 0.3) is 0 Å². The van der Waals surface area contributed by atoms with Gasteiger partial charge in [0.15, 0.2) is 6.61 Å². The van der Waals surface area contributed by atoms with Crippen molar-refractivity contribution in [3.05, 3.63) is 71.2 Å². The fourth-order valence-electron chi connectivity index (χ4n) is 3.43. The number of aryl methyl sites for hydroxylation is 1. The molecule has 1 aliphatic heterocycles. The molecule has 1 aliphatic rings. The maximum Gasteiger partial charge on any atom is 0.343 e. The van der Waals surface area contributed by atoms with Gasteiger partial charge in [-0.2, -0.15) is 0 Å². The Hall–Kier alpha value is -3.35. The lowest BCUT2D eigenvalue weighted by Gasteiger charge is -2.33. The van der Waals surface area contributed by atoms with Gasteiger partial charge >= 0.3 is 5.97 Å². The van der Waals surface area contributed by atoms with Crippen LogP contribution in [0.3, 0.4) is 0 Å². The first-order valence-electron chi connectivity index (χ1n) is 10.1. The van der Waals surface area contributed by atoms with Crippen molar-refractivity contribution in [1.29, 1.82) is 0 Å². The minimum Gasteiger partial charge on any atom is -0.493 e. The van der Waals surface area contributed by atoms with Crippen LogP contribution >= 0.6 is 0 Å². The van der Waals surface area contributed by atoms with Gasteiger partial charge in [-0.3, -0.25) is 4.79 Å². The lowest BCUT2D eigenvalue weighted by atomic mass is 10.0. The average Bonchev–Trinajstić information content (AvgIpc) is 2.76. The summed E-state index contributed by atoms with van der Waals surface area (Å²) in [4.78, 5) is 25.9. The van der Waals surface area contributed by atoms with E-state index in [1.807, 2.05) is 19.9 Å². The van der Waals surface area contributed by atoms with Gasteiger partial charge in [-0.05, 0) is 54.8 Å². The van der Waals surface area contributed by atoms with E-state index < -0.39 is 5.97 Å². The van der Waals surface area contributed by atoms with Crippen molar-refractivity contribution in [2.24, 2.45) is 0 Å². The number of methoxy groups -OCH3 is 1. The second-order valence-electron chi connectivity index (χ2n) is 7.30. The van der Waals surface area contributed by atoms with Gasteiger partial charge in [-0.25, -0.2) is 9.18 Å². The summed E-state index contributed by atoms with van der Waals surface area (Å²) in [6.45, 7) is 4.05. The second-order valence-corrected chi connectivity index (χ2v) is 7.30. The number of hydrogen-bond acceptors (Lipinski definition) is 5. The highest BCUT2D eigenvalue weighted by Crippen LogP contribution is 2.31. The van der Waals surface area contributed by atoms with E-state index in [4.69, 9.17) is 9.47 Å². The van der Waals surface area contributed by atoms with Crippen LogP contribution in [0.2, 0.25) is 0 Å². The number of ether oxygens (including phenoxy) is 3. The number of amides is 1. The highest BCUT2D eigenvalue weighted by Gasteiger charge is 2.28. The van der Waals surface area contributed by atoms with Gasteiger partial charge in [0.1, 0.15) is 23.9 Å². The van der Waals surface area contributed by atoms with Crippen LogP contribution in [0.15, 0.2) is 54.3 Å². The van der Waals surface area contributed by atoms with Gasteiger partial charge in [-0.15, -0.1) is 0 Å². The number of anilines is 1. The molecule has 3 rings (SSSR count). The molecule has 1 unspecified atom stereocenters. The smallest absolute Gasteiger partial charge is 0.343 e. The molecule has 0 fully saturated rings. The number of carbonyl (C=O) groups excluding carboxylic acids is 2. The molecular weight excluding hydrogens is 401 g/mol. The highest BCUT2D eigenvalue weighted by molar-refractivity contribution is 6.03. The standard InChI is InChI=1S/C24H26FNO5/c1-4-18-12-20(9-10-22(18)31-15-24(28)29-3)26-16(2)11-21(13-23(26)27)30-14-17-5-7-19(25)8-6-17/h5-10,12-13,16H,4,11,14-15H2,1-3H3. The summed E-state index contributed by atoms with van der Waals surface area (Å²) < 4.78 is 29.0. The van der Waals surface area contributed by atoms with Crippen LogP contribution in [0.4, 0.5) is 10.1 Å². The van der Waals surface area contributed by atoms with Crippen molar-refractivity contribution in [2.75, 3.05) is 18.6 Å². The lowest BCUT2D eigenvalue weighted by molar-refractivity contribution is -0.142. The molecule has 164 valence electrons. The van der Waals surface area contributed by atoms with Gasteiger partial charge in [0.2, 0.25) is 0 Å². The van der Waals surface area contributed by atoms with Crippen molar-refractivity contribution in [3.63, 3.8) is 0 Å². The Bertz CT molecular complexity index is 970. The SMILES string of the molecule is CCc1cc(N2C(=O)C=C(OCc3ccc(F)cc3)CC2C)ccc1OCC(=O)OC. The summed E-state index contributed by atoms with van der Waals surface area (Å²) in [5.74, 6) is 0.273. The van der Waals surface area contributed by atoms with Gasteiger partial charge < -0.3 is 19.1 Å². The molecule has 0 aromatic heterocycles. The molecule has 0 bridgehead atoms. The van der Waals surface area contributed by atoms with Crippen LogP contribution in [-0.2, 0) is 32.1 Å². The first-order valence-corrected chi connectivity index (χ1v) is 10.1. The van der Waals surface area contributed by atoms with Crippen molar-refractivity contribution in [1.82, 2.24) is 0 Å². The van der Waals surface area contributed by atoms with Crippen molar-refractivity contribution < 1.29 is 28.2 Å². The van der Waals surface area contributed by atoms with E-state index in [0.29, 0.717) is 24.4 Å². The number of nitrogens with zero attached hydrogens (tertiary/aromatic N) is 1. The van der Waals surface area contributed by atoms with Crippen LogP contribution in [0, 0.1) is 5.82 Å². The first kappa shape index (κ1) is 22.3. The summed E-state index contributed by atoms with van der Waals surface area (Å²) in [6.07, 6.45) is 2.74. The zero-order valence-corrected chi connectivity index (χ0v) is 17.9.